The number of nitrogens with two attached hydrogens (primary N) is 1. The Morgan fingerprint density at radius 3 is 2.90 bits per heavy atom. The number of ether oxygens (including phenoxy) is 2. The van der Waals surface area contributed by atoms with Crippen molar-refractivity contribution in [1.82, 2.24) is 10.2 Å². The first-order valence-corrected chi connectivity index (χ1v) is 6.65. The van der Waals surface area contributed by atoms with E-state index in [4.69, 9.17) is 15.2 Å². The van der Waals surface area contributed by atoms with Gasteiger partial charge in [-0.2, -0.15) is 0 Å². The molecule has 1 aromatic carbocycles. The van der Waals surface area contributed by atoms with Crippen molar-refractivity contribution in [3.8, 4) is 11.5 Å². The van der Waals surface area contributed by atoms with Crippen LogP contribution in [0.5, 0.6) is 11.5 Å². The molecule has 21 heavy (non-hydrogen) atoms. The third-order valence-electron chi connectivity index (χ3n) is 3.30. The Morgan fingerprint density at radius 1 is 1.48 bits per heavy atom. The lowest BCUT2D eigenvalue weighted by Crippen LogP contribution is -2.48. The Kier molecular flexibility index (Phi) is 4.52. The van der Waals surface area contributed by atoms with E-state index < -0.39 is 12.1 Å². The van der Waals surface area contributed by atoms with Crippen LogP contribution in [0.3, 0.4) is 0 Å². The van der Waals surface area contributed by atoms with Crippen molar-refractivity contribution < 1.29 is 19.1 Å². The average Bonchev–Trinajstić information content (AvgIpc) is 2.66. The first-order valence-electron chi connectivity index (χ1n) is 6.65. The Bertz CT molecular complexity index is 547. The molecule has 0 aromatic heterocycles. The highest BCUT2D eigenvalue weighted by molar-refractivity contribution is 5.86. The van der Waals surface area contributed by atoms with E-state index in [1.165, 1.54) is 0 Å². The van der Waals surface area contributed by atoms with Gasteiger partial charge in [0.25, 0.3) is 0 Å². The molecule has 7 nitrogen and oxygen atoms in total. The molecule has 114 valence electrons. The second-order valence-corrected chi connectivity index (χ2v) is 4.81. The molecule has 1 atom stereocenters. The van der Waals surface area contributed by atoms with Crippen LogP contribution in [0.2, 0.25) is 0 Å². The molecule has 1 aliphatic heterocycles. The SMILES string of the molecule is COc1ccc2c(c1)OCCN(C(=O)C(C)NC(N)=O)C2. The van der Waals surface area contributed by atoms with Crippen molar-refractivity contribution >= 4 is 11.9 Å². The zero-order chi connectivity index (χ0) is 15.4. The van der Waals surface area contributed by atoms with Crippen LogP contribution in [-0.2, 0) is 11.3 Å². The molecule has 3 N–H and O–H groups in total. The molecule has 1 aliphatic rings. The fraction of sp³-hybridized carbons (Fsp3) is 0.429. The van der Waals surface area contributed by atoms with E-state index in [0.717, 1.165) is 5.56 Å². The average molecular weight is 293 g/mol. The van der Waals surface area contributed by atoms with Gasteiger partial charge in [-0.1, -0.05) is 0 Å². The van der Waals surface area contributed by atoms with Gasteiger partial charge in [0.15, 0.2) is 0 Å². The minimum Gasteiger partial charge on any atom is -0.497 e. The number of methoxy groups -OCH3 is 1. The summed E-state index contributed by atoms with van der Waals surface area (Å²) in [5.41, 5.74) is 5.94. The quantitative estimate of drug-likeness (QED) is 0.847. The maximum absolute atomic E-state index is 12.3. The monoisotopic (exact) mass is 293 g/mol. The third-order valence-corrected chi connectivity index (χ3v) is 3.30. The number of fused-ring (bicyclic) bond motifs is 1. The summed E-state index contributed by atoms with van der Waals surface area (Å²) in [7, 11) is 1.59. The number of hydrogen-bond donors (Lipinski definition) is 2. The fourth-order valence-corrected chi connectivity index (χ4v) is 2.21. The zero-order valence-electron chi connectivity index (χ0n) is 12.1. The van der Waals surface area contributed by atoms with Gasteiger partial charge in [-0.3, -0.25) is 4.79 Å². The van der Waals surface area contributed by atoms with Crippen LogP contribution in [0.25, 0.3) is 0 Å². The van der Waals surface area contributed by atoms with Crippen molar-refractivity contribution in [1.29, 1.82) is 0 Å². The topological polar surface area (TPSA) is 93.9 Å². The summed E-state index contributed by atoms with van der Waals surface area (Å²) in [4.78, 5) is 24.8. The first kappa shape index (κ1) is 15.0. The van der Waals surface area contributed by atoms with E-state index in [-0.39, 0.29) is 5.91 Å². The molecule has 1 heterocycles. The molecular weight excluding hydrogens is 274 g/mol. The number of carbonyl (C=O) groups excluding carboxylic acids is 2. The van der Waals surface area contributed by atoms with Crippen LogP contribution in [0.15, 0.2) is 18.2 Å². The summed E-state index contributed by atoms with van der Waals surface area (Å²) in [5.74, 6) is 1.22. The third kappa shape index (κ3) is 3.56. The van der Waals surface area contributed by atoms with Crippen LogP contribution < -0.4 is 20.5 Å². The van der Waals surface area contributed by atoms with Gasteiger partial charge in [0.1, 0.15) is 24.1 Å². The Labute approximate surface area is 123 Å². The standard InChI is InChI=1S/C14H19N3O4/c1-9(16-14(15)19)13(18)17-5-6-21-12-7-11(20-2)4-3-10(12)8-17/h3-4,7,9H,5-6,8H2,1-2H3,(H3,15,16,19). The van der Waals surface area contributed by atoms with E-state index in [2.05, 4.69) is 5.32 Å². The molecule has 0 fully saturated rings. The number of nitrogens with one attached hydrogen (secondary N) is 1. The van der Waals surface area contributed by atoms with Gasteiger partial charge in [-0.05, 0) is 19.1 Å². The van der Waals surface area contributed by atoms with Crippen LogP contribution in [0.1, 0.15) is 12.5 Å². The molecule has 3 amide bonds. The summed E-state index contributed by atoms with van der Waals surface area (Å²) in [5, 5.41) is 2.39. The predicted molar refractivity (Wildman–Crippen MR) is 76.1 cm³/mol. The predicted octanol–water partition coefficient (Wildman–Crippen LogP) is 0.473. The zero-order valence-corrected chi connectivity index (χ0v) is 12.1. The number of primary amides is 1. The van der Waals surface area contributed by atoms with Gasteiger partial charge in [-0.25, -0.2) is 4.79 Å². The molecule has 0 bridgehead atoms. The molecule has 1 unspecified atom stereocenters. The van der Waals surface area contributed by atoms with Crippen molar-refractivity contribution in [3.05, 3.63) is 23.8 Å². The number of hydrogen-bond acceptors (Lipinski definition) is 4. The molecule has 0 saturated heterocycles. The highest BCUT2D eigenvalue weighted by atomic mass is 16.5. The van der Waals surface area contributed by atoms with Gasteiger partial charge in [0.2, 0.25) is 5.91 Å². The Balaban J connectivity index is 2.13. The molecule has 7 heteroatoms. The van der Waals surface area contributed by atoms with Crippen LogP contribution in [0, 0.1) is 0 Å². The van der Waals surface area contributed by atoms with E-state index in [9.17, 15) is 9.59 Å². The largest absolute Gasteiger partial charge is 0.497 e. The van der Waals surface area contributed by atoms with Crippen molar-refractivity contribution in [2.75, 3.05) is 20.3 Å². The minimum absolute atomic E-state index is 0.193. The lowest BCUT2D eigenvalue weighted by molar-refractivity contribution is -0.133. The lowest BCUT2D eigenvalue weighted by Gasteiger charge is -2.23. The molecule has 0 radical (unpaired) electrons. The summed E-state index contributed by atoms with van der Waals surface area (Å²) >= 11 is 0. The number of carbonyl (C=O) groups is 2. The molecule has 0 saturated carbocycles. The summed E-state index contributed by atoms with van der Waals surface area (Å²) in [6.07, 6.45) is 0. The fourth-order valence-electron chi connectivity index (χ4n) is 2.21. The molecule has 2 rings (SSSR count). The smallest absolute Gasteiger partial charge is 0.312 e. The Morgan fingerprint density at radius 2 is 2.24 bits per heavy atom. The molecule has 1 aromatic rings. The normalized spacial score (nSPS) is 15.2. The van der Waals surface area contributed by atoms with Gasteiger partial charge < -0.3 is 25.4 Å². The highest BCUT2D eigenvalue weighted by Crippen LogP contribution is 2.27. The van der Waals surface area contributed by atoms with Gasteiger partial charge in [0.05, 0.1) is 13.7 Å². The summed E-state index contributed by atoms with van der Waals surface area (Å²) in [6, 6.07) is 4.11. The number of rotatable bonds is 3. The summed E-state index contributed by atoms with van der Waals surface area (Å²) < 4.78 is 10.8. The summed E-state index contributed by atoms with van der Waals surface area (Å²) in [6.45, 7) is 2.85. The number of amides is 3. The van der Waals surface area contributed by atoms with Crippen molar-refractivity contribution in [3.63, 3.8) is 0 Å². The van der Waals surface area contributed by atoms with Crippen LogP contribution in [0.4, 0.5) is 4.79 Å². The second-order valence-electron chi connectivity index (χ2n) is 4.81. The molecular formula is C14H19N3O4. The van der Waals surface area contributed by atoms with E-state index in [1.807, 2.05) is 12.1 Å². The number of benzene rings is 1. The maximum atomic E-state index is 12.3. The van der Waals surface area contributed by atoms with Gasteiger partial charge in [-0.15, -0.1) is 0 Å². The van der Waals surface area contributed by atoms with Crippen molar-refractivity contribution in [2.45, 2.75) is 19.5 Å². The second kappa shape index (κ2) is 6.34. The van der Waals surface area contributed by atoms with E-state index in [1.54, 1.807) is 25.0 Å². The number of urea groups is 1. The van der Waals surface area contributed by atoms with Crippen LogP contribution in [-0.4, -0.2) is 43.1 Å². The van der Waals surface area contributed by atoms with E-state index in [0.29, 0.717) is 31.2 Å². The van der Waals surface area contributed by atoms with Crippen LogP contribution >= 0.6 is 0 Å². The lowest BCUT2D eigenvalue weighted by atomic mass is 10.1. The molecule has 0 spiro atoms. The van der Waals surface area contributed by atoms with Gasteiger partial charge in [0, 0.05) is 18.2 Å². The minimum atomic E-state index is -0.716. The van der Waals surface area contributed by atoms with E-state index >= 15 is 0 Å². The first-order chi connectivity index (χ1) is 10.0. The van der Waals surface area contributed by atoms with Crippen molar-refractivity contribution in [2.24, 2.45) is 5.73 Å². The Hall–Kier alpha value is -2.44. The highest BCUT2D eigenvalue weighted by Gasteiger charge is 2.24. The number of nitrogens with zero attached hydrogens (tertiary/aromatic N) is 1. The maximum Gasteiger partial charge on any atom is 0.312 e. The molecule has 0 aliphatic carbocycles. The van der Waals surface area contributed by atoms with Gasteiger partial charge >= 0.3 is 6.03 Å².